The zero-order valence-electron chi connectivity index (χ0n) is 10.9. The first-order valence-electron chi connectivity index (χ1n) is 5.66. The third kappa shape index (κ3) is 4.89. The highest BCUT2D eigenvalue weighted by molar-refractivity contribution is 8.13. The highest BCUT2D eigenvalue weighted by Crippen LogP contribution is 2.22. The Morgan fingerprint density at radius 3 is 2.67 bits per heavy atom. The Morgan fingerprint density at radius 1 is 1.48 bits per heavy atom. The Hall–Kier alpha value is -2.40. The lowest BCUT2D eigenvalue weighted by atomic mass is 10.1. The van der Waals surface area contributed by atoms with E-state index in [1.165, 1.54) is 6.92 Å². The third-order valence-electron chi connectivity index (χ3n) is 2.27. The molecule has 8 heteroatoms. The molecule has 0 fully saturated rings. The molecule has 0 unspecified atom stereocenters. The van der Waals surface area contributed by atoms with E-state index in [9.17, 15) is 24.1 Å². The van der Waals surface area contributed by atoms with Gasteiger partial charge in [-0.3, -0.25) is 14.9 Å². The number of carbonyl (C=O) groups excluding carboxylic acids is 1. The minimum Gasteiger partial charge on any atom is -0.477 e. The van der Waals surface area contributed by atoms with Gasteiger partial charge in [-0.1, -0.05) is 23.6 Å². The van der Waals surface area contributed by atoms with Crippen LogP contribution in [0.5, 0.6) is 0 Å². The van der Waals surface area contributed by atoms with E-state index in [1.807, 2.05) is 0 Å². The number of carbonyl (C=O) groups is 2. The predicted molar refractivity (Wildman–Crippen MR) is 74.6 cm³/mol. The number of hydrogen-bond acceptors (Lipinski definition) is 5. The Kier molecular flexibility index (Phi) is 5.87. The second kappa shape index (κ2) is 7.40. The number of nitro groups is 1. The standard InChI is InChI=1S/C13H10FNO5S/c1-8(16)21-5-3-2-4-9-6-12(15(19)20)10(13(17)18)7-11(9)14/h6-7H,3,5H2,1H3,(H,17,18). The number of nitrogens with zero attached hydrogens (tertiary/aromatic N) is 1. The van der Waals surface area contributed by atoms with E-state index in [0.29, 0.717) is 18.2 Å². The summed E-state index contributed by atoms with van der Waals surface area (Å²) in [5.41, 5.74) is -1.69. The molecule has 1 rings (SSSR count). The number of rotatable bonds is 4. The van der Waals surface area contributed by atoms with Gasteiger partial charge in [0.1, 0.15) is 11.4 Å². The van der Waals surface area contributed by atoms with Crippen LogP contribution in [0.1, 0.15) is 29.3 Å². The van der Waals surface area contributed by atoms with Crippen molar-refractivity contribution in [2.75, 3.05) is 5.75 Å². The summed E-state index contributed by atoms with van der Waals surface area (Å²) in [7, 11) is 0. The van der Waals surface area contributed by atoms with Gasteiger partial charge in [-0.25, -0.2) is 9.18 Å². The number of thioether (sulfide) groups is 1. The molecule has 1 aromatic rings. The number of carboxylic acids is 1. The summed E-state index contributed by atoms with van der Waals surface area (Å²) in [6, 6.07) is 1.37. The molecule has 0 bridgehead atoms. The summed E-state index contributed by atoms with van der Waals surface area (Å²) in [6.07, 6.45) is 0.304. The quantitative estimate of drug-likeness (QED) is 0.397. The average Bonchev–Trinajstić information content (AvgIpc) is 2.38. The van der Waals surface area contributed by atoms with Crippen molar-refractivity contribution in [3.63, 3.8) is 0 Å². The molecule has 0 radical (unpaired) electrons. The van der Waals surface area contributed by atoms with E-state index in [-0.39, 0.29) is 10.7 Å². The first-order valence-corrected chi connectivity index (χ1v) is 6.65. The van der Waals surface area contributed by atoms with Gasteiger partial charge in [0.05, 0.1) is 10.5 Å². The highest BCUT2D eigenvalue weighted by Gasteiger charge is 2.22. The van der Waals surface area contributed by atoms with Crippen LogP contribution >= 0.6 is 11.8 Å². The monoisotopic (exact) mass is 311 g/mol. The molecule has 0 aromatic heterocycles. The minimum atomic E-state index is -1.59. The Morgan fingerprint density at radius 2 is 2.14 bits per heavy atom. The van der Waals surface area contributed by atoms with Crippen LogP contribution in [-0.4, -0.2) is 26.9 Å². The van der Waals surface area contributed by atoms with Crippen molar-refractivity contribution in [3.05, 3.63) is 39.2 Å². The maximum Gasteiger partial charge on any atom is 0.342 e. The van der Waals surface area contributed by atoms with Crippen LogP contribution < -0.4 is 0 Å². The van der Waals surface area contributed by atoms with Gasteiger partial charge in [-0.05, 0) is 6.07 Å². The fourth-order valence-electron chi connectivity index (χ4n) is 1.38. The molecular formula is C13H10FNO5S. The topological polar surface area (TPSA) is 97.5 Å². The fourth-order valence-corrected chi connectivity index (χ4v) is 1.88. The average molecular weight is 311 g/mol. The van der Waals surface area contributed by atoms with Gasteiger partial charge in [0, 0.05) is 25.2 Å². The van der Waals surface area contributed by atoms with Gasteiger partial charge in [0.15, 0.2) is 5.12 Å². The molecule has 1 N–H and O–H groups in total. The fraction of sp³-hybridized carbons (Fsp3) is 0.231. The number of hydrogen-bond donors (Lipinski definition) is 1. The first kappa shape index (κ1) is 16.7. The van der Waals surface area contributed by atoms with Crippen molar-refractivity contribution in [3.8, 4) is 11.8 Å². The molecule has 0 aliphatic heterocycles. The predicted octanol–water partition coefficient (Wildman–Crippen LogP) is 2.45. The Labute approximate surface area is 123 Å². The summed E-state index contributed by atoms with van der Waals surface area (Å²) < 4.78 is 13.6. The molecule has 0 aliphatic carbocycles. The highest BCUT2D eigenvalue weighted by atomic mass is 32.2. The summed E-state index contributed by atoms with van der Waals surface area (Å²) in [4.78, 5) is 31.4. The normalized spacial score (nSPS) is 9.62. The smallest absolute Gasteiger partial charge is 0.342 e. The second-order valence-corrected chi connectivity index (χ2v) is 5.08. The van der Waals surface area contributed by atoms with Crippen LogP contribution in [0.2, 0.25) is 0 Å². The molecular weight excluding hydrogens is 301 g/mol. The number of benzene rings is 1. The van der Waals surface area contributed by atoms with Crippen LogP contribution in [0.15, 0.2) is 12.1 Å². The van der Waals surface area contributed by atoms with Crippen molar-refractivity contribution >= 4 is 28.5 Å². The van der Waals surface area contributed by atoms with Crippen molar-refractivity contribution in [1.82, 2.24) is 0 Å². The molecule has 0 amide bonds. The summed E-state index contributed by atoms with van der Waals surface area (Å²) >= 11 is 1.06. The molecule has 0 heterocycles. The van der Waals surface area contributed by atoms with Crippen molar-refractivity contribution < 1.29 is 24.0 Å². The van der Waals surface area contributed by atoms with Gasteiger partial charge >= 0.3 is 5.97 Å². The second-order valence-electron chi connectivity index (χ2n) is 3.80. The molecule has 0 atom stereocenters. The Balaban J connectivity index is 3.01. The number of halogens is 1. The van der Waals surface area contributed by atoms with E-state index in [1.54, 1.807) is 0 Å². The van der Waals surface area contributed by atoms with Crippen LogP contribution in [0.4, 0.5) is 10.1 Å². The number of aromatic carboxylic acids is 1. The van der Waals surface area contributed by atoms with Gasteiger partial charge < -0.3 is 5.11 Å². The van der Waals surface area contributed by atoms with Gasteiger partial charge in [-0.15, -0.1) is 0 Å². The van der Waals surface area contributed by atoms with Gasteiger partial charge in [-0.2, -0.15) is 0 Å². The van der Waals surface area contributed by atoms with E-state index in [2.05, 4.69) is 11.8 Å². The Bertz CT molecular complexity index is 663. The molecule has 0 spiro atoms. The van der Waals surface area contributed by atoms with Crippen LogP contribution in [-0.2, 0) is 4.79 Å². The van der Waals surface area contributed by atoms with E-state index in [0.717, 1.165) is 17.8 Å². The molecule has 0 saturated carbocycles. The molecule has 6 nitrogen and oxygen atoms in total. The summed E-state index contributed by atoms with van der Waals surface area (Å²) in [5, 5.41) is 19.5. The summed E-state index contributed by atoms with van der Waals surface area (Å²) in [6.45, 7) is 1.41. The summed E-state index contributed by atoms with van der Waals surface area (Å²) in [5.74, 6) is 2.89. The van der Waals surface area contributed by atoms with Gasteiger partial charge in [0.2, 0.25) is 0 Å². The maximum absolute atomic E-state index is 13.6. The van der Waals surface area contributed by atoms with Crippen LogP contribution in [0.25, 0.3) is 0 Å². The van der Waals surface area contributed by atoms with Crippen molar-refractivity contribution in [1.29, 1.82) is 0 Å². The van der Waals surface area contributed by atoms with E-state index >= 15 is 0 Å². The number of nitro benzene ring substituents is 1. The lowest BCUT2D eigenvalue weighted by Gasteiger charge is -2.00. The third-order valence-corrected chi connectivity index (χ3v) is 3.08. The largest absolute Gasteiger partial charge is 0.477 e. The first-order chi connectivity index (χ1) is 9.82. The van der Waals surface area contributed by atoms with Crippen LogP contribution in [0.3, 0.4) is 0 Å². The van der Waals surface area contributed by atoms with Crippen molar-refractivity contribution in [2.45, 2.75) is 13.3 Å². The maximum atomic E-state index is 13.6. The molecule has 110 valence electrons. The minimum absolute atomic E-state index is 0.0653. The van der Waals surface area contributed by atoms with Crippen molar-refractivity contribution in [2.24, 2.45) is 0 Å². The van der Waals surface area contributed by atoms with Crippen LogP contribution in [0, 0.1) is 27.8 Å². The van der Waals surface area contributed by atoms with Gasteiger partial charge in [0.25, 0.3) is 5.69 Å². The van der Waals surface area contributed by atoms with E-state index < -0.39 is 28.0 Å². The molecule has 21 heavy (non-hydrogen) atoms. The zero-order chi connectivity index (χ0) is 16.0. The molecule has 0 saturated heterocycles. The SMILES string of the molecule is CC(=O)SCCC#Cc1cc([N+](=O)[O-])c(C(=O)O)cc1F. The molecule has 0 aliphatic rings. The lowest BCUT2D eigenvalue weighted by molar-refractivity contribution is -0.385. The van der Waals surface area contributed by atoms with E-state index in [4.69, 9.17) is 5.11 Å². The molecule has 1 aromatic carbocycles. The lowest BCUT2D eigenvalue weighted by Crippen LogP contribution is -2.04. The zero-order valence-corrected chi connectivity index (χ0v) is 11.7. The number of carboxylic acid groups (broad SMARTS) is 1.